The van der Waals surface area contributed by atoms with Crippen LogP contribution in [0.25, 0.3) is 0 Å². The molecule has 0 saturated carbocycles. The van der Waals surface area contributed by atoms with E-state index in [0.29, 0.717) is 12.3 Å². The van der Waals surface area contributed by atoms with E-state index >= 15 is 0 Å². The zero-order valence-electron chi connectivity index (χ0n) is 18.6. The molecule has 6 nitrogen and oxygen atoms in total. The third kappa shape index (κ3) is 5.79. The lowest BCUT2D eigenvalue weighted by Crippen LogP contribution is -2.41. The van der Waals surface area contributed by atoms with Crippen LogP contribution in [0.2, 0.25) is 0 Å². The van der Waals surface area contributed by atoms with Crippen molar-refractivity contribution in [3.63, 3.8) is 0 Å². The molecule has 1 aromatic heterocycles. The van der Waals surface area contributed by atoms with Crippen LogP contribution in [-0.2, 0) is 10.3 Å². The van der Waals surface area contributed by atoms with E-state index in [1.165, 1.54) is 31.0 Å². The minimum Gasteiger partial charge on any atom is -0.496 e. The van der Waals surface area contributed by atoms with Crippen LogP contribution in [0.4, 0.5) is 0 Å². The number of piperidine rings is 1. The van der Waals surface area contributed by atoms with Crippen molar-refractivity contribution in [2.45, 2.75) is 56.8 Å². The first-order chi connectivity index (χ1) is 14.4. The number of nitrogens with one attached hydrogen (secondary N) is 1. The smallest absolute Gasteiger partial charge is 0.230 e. The maximum absolute atomic E-state index is 12.7. The lowest BCUT2D eigenvalue weighted by molar-refractivity contribution is -0.118. The fourth-order valence-electron chi connectivity index (χ4n) is 3.91. The van der Waals surface area contributed by atoms with E-state index in [1.54, 1.807) is 13.3 Å². The van der Waals surface area contributed by atoms with Crippen molar-refractivity contribution in [3.05, 3.63) is 42.2 Å². The molecule has 1 aromatic carbocycles. The van der Waals surface area contributed by atoms with Gasteiger partial charge in [0.15, 0.2) is 5.16 Å². The fourth-order valence-corrected chi connectivity index (χ4v) is 4.88. The van der Waals surface area contributed by atoms with Gasteiger partial charge in [0.1, 0.15) is 5.75 Å². The van der Waals surface area contributed by atoms with Crippen molar-refractivity contribution >= 4 is 17.7 Å². The summed E-state index contributed by atoms with van der Waals surface area (Å²) in [5, 5.41) is 4.03. The van der Waals surface area contributed by atoms with Gasteiger partial charge in [-0.15, -0.1) is 0 Å². The molecular weight excluding hydrogens is 396 g/mol. The second-order valence-corrected chi connectivity index (χ2v) is 9.64. The molecule has 1 aliphatic rings. The van der Waals surface area contributed by atoms with Crippen molar-refractivity contribution in [2.24, 2.45) is 0 Å². The molecule has 0 radical (unpaired) electrons. The van der Waals surface area contributed by atoms with Crippen molar-refractivity contribution in [1.82, 2.24) is 19.8 Å². The number of carbonyl (C=O) groups excluding carboxylic acids is 1. The number of aromatic nitrogens is 2. The number of likely N-dealkylation sites (tertiary alicyclic amines) is 1. The summed E-state index contributed by atoms with van der Waals surface area (Å²) < 4.78 is 7.72. The molecule has 7 heteroatoms. The SMILES string of the molecule is COc1ccccc1C(CNC(=O)CSc1nccn1C(C)(C)C)N1CCCCC1. The van der Waals surface area contributed by atoms with Crippen LogP contribution >= 0.6 is 11.8 Å². The highest BCUT2D eigenvalue weighted by Gasteiger charge is 2.25. The number of imidazole rings is 1. The Balaban J connectivity index is 1.64. The van der Waals surface area contributed by atoms with Gasteiger partial charge in [0.2, 0.25) is 5.91 Å². The number of thioether (sulfide) groups is 1. The van der Waals surface area contributed by atoms with E-state index in [1.807, 2.05) is 24.4 Å². The van der Waals surface area contributed by atoms with E-state index in [4.69, 9.17) is 4.74 Å². The Bertz CT molecular complexity index is 825. The van der Waals surface area contributed by atoms with Crippen molar-refractivity contribution in [1.29, 1.82) is 0 Å². The van der Waals surface area contributed by atoms with Crippen LogP contribution in [0.15, 0.2) is 41.8 Å². The summed E-state index contributed by atoms with van der Waals surface area (Å²) in [7, 11) is 1.71. The molecule has 2 aromatic rings. The molecule has 2 heterocycles. The Kier molecular flexibility index (Phi) is 7.83. The summed E-state index contributed by atoms with van der Waals surface area (Å²) in [6, 6.07) is 8.25. The monoisotopic (exact) mass is 430 g/mol. The Morgan fingerprint density at radius 2 is 1.97 bits per heavy atom. The summed E-state index contributed by atoms with van der Waals surface area (Å²) in [4.78, 5) is 19.5. The van der Waals surface area contributed by atoms with Gasteiger partial charge in [-0.2, -0.15) is 0 Å². The largest absolute Gasteiger partial charge is 0.496 e. The summed E-state index contributed by atoms with van der Waals surface area (Å²) in [5.74, 6) is 1.26. The van der Waals surface area contributed by atoms with E-state index in [0.717, 1.165) is 29.6 Å². The molecular formula is C23H34N4O2S. The lowest BCUT2D eigenvalue weighted by Gasteiger charge is -2.35. The highest BCUT2D eigenvalue weighted by Crippen LogP contribution is 2.31. The van der Waals surface area contributed by atoms with Crippen molar-refractivity contribution in [3.8, 4) is 5.75 Å². The molecule has 1 aliphatic heterocycles. The first-order valence-electron chi connectivity index (χ1n) is 10.7. The molecule has 164 valence electrons. The predicted octanol–water partition coefficient (Wildman–Crippen LogP) is 4.08. The number of ether oxygens (including phenoxy) is 1. The molecule has 1 saturated heterocycles. The molecule has 0 bridgehead atoms. The van der Waals surface area contributed by atoms with Gasteiger partial charge in [-0.1, -0.05) is 36.4 Å². The summed E-state index contributed by atoms with van der Waals surface area (Å²) in [5.41, 5.74) is 1.08. The molecule has 0 spiro atoms. The van der Waals surface area contributed by atoms with E-state index < -0.39 is 0 Å². The molecule has 1 atom stereocenters. The lowest BCUT2D eigenvalue weighted by atomic mass is 10.0. The molecule has 1 unspecified atom stereocenters. The number of hydrogen-bond acceptors (Lipinski definition) is 5. The summed E-state index contributed by atoms with van der Waals surface area (Å²) in [6.07, 6.45) is 7.43. The third-order valence-electron chi connectivity index (χ3n) is 5.48. The zero-order valence-corrected chi connectivity index (χ0v) is 19.4. The maximum Gasteiger partial charge on any atom is 0.230 e. The number of methoxy groups -OCH3 is 1. The number of amides is 1. The number of hydrogen-bond donors (Lipinski definition) is 1. The Morgan fingerprint density at radius 3 is 2.67 bits per heavy atom. The topological polar surface area (TPSA) is 59.4 Å². The van der Waals surface area contributed by atoms with Gasteiger partial charge in [-0.25, -0.2) is 4.98 Å². The normalized spacial score (nSPS) is 16.3. The highest BCUT2D eigenvalue weighted by atomic mass is 32.2. The van der Waals surface area contributed by atoms with E-state index in [9.17, 15) is 4.79 Å². The maximum atomic E-state index is 12.7. The van der Waals surface area contributed by atoms with Gasteiger partial charge in [0.25, 0.3) is 0 Å². The Labute approximate surface area is 184 Å². The Morgan fingerprint density at radius 1 is 1.23 bits per heavy atom. The molecule has 1 fully saturated rings. The third-order valence-corrected chi connectivity index (χ3v) is 6.45. The van der Waals surface area contributed by atoms with E-state index in [-0.39, 0.29) is 17.5 Å². The van der Waals surface area contributed by atoms with Crippen LogP contribution in [0.5, 0.6) is 5.75 Å². The van der Waals surface area contributed by atoms with Crippen LogP contribution < -0.4 is 10.1 Å². The number of rotatable bonds is 8. The standard InChI is InChI=1S/C23H34N4O2S/c1-23(2,3)27-15-12-24-22(27)30-17-21(28)25-16-19(26-13-8-5-9-14-26)18-10-6-7-11-20(18)29-4/h6-7,10-12,15,19H,5,8-9,13-14,16-17H2,1-4H3,(H,25,28). The van der Waals surface area contributed by atoms with Gasteiger partial charge < -0.3 is 14.6 Å². The van der Waals surface area contributed by atoms with Crippen molar-refractivity contribution in [2.75, 3.05) is 32.5 Å². The minimum atomic E-state index is -0.0570. The van der Waals surface area contributed by atoms with Gasteiger partial charge in [-0.3, -0.25) is 9.69 Å². The summed E-state index contributed by atoms with van der Waals surface area (Å²) >= 11 is 1.48. The van der Waals surface area contributed by atoms with Gasteiger partial charge in [0, 0.05) is 30.0 Å². The number of para-hydroxylation sites is 1. The average Bonchev–Trinajstić information content (AvgIpc) is 3.23. The first kappa shape index (κ1) is 22.7. The fraction of sp³-hybridized carbons (Fsp3) is 0.565. The molecule has 3 rings (SSSR count). The number of benzene rings is 1. The number of nitrogens with zero attached hydrogens (tertiary/aromatic N) is 3. The quantitative estimate of drug-likeness (QED) is 0.640. The molecule has 1 N–H and O–H groups in total. The molecule has 0 aliphatic carbocycles. The predicted molar refractivity (Wildman–Crippen MR) is 122 cm³/mol. The van der Waals surface area contributed by atoms with Crippen LogP contribution in [0.3, 0.4) is 0 Å². The van der Waals surface area contributed by atoms with Gasteiger partial charge in [0.05, 0.1) is 18.9 Å². The van der Waals surface area contributed by atoms with Crippen LogP contribution in [0, 0.1) is 0 Å². The number of carbonyl (C=O) groups is 1. The minimum absolute atomic E-state index is 0.0281. The Hall–Kier alpha value is -1.99. The average molecular weight is 431 g/mol. The van der Waals surface area contributed by atoms with Gasteiger partial charge >= 0.3 is 0 Å². The highest BCUT2D eigenvalue weighted by molar-refractivity contribution is 7.99. The molecule has 30 heavy (non-hydrogen) atoms. The second kappa shape index (κ2) is 10.4. The first-order valence-corrected chi connectivity index (χ1v) is 11.7. The second-order valence-electron chi connectivity index (χ2n) is 8.70. The zero-order chi connectivity index (χ0) is 21.6. The van der Waals surface area contributed by atoms with Gasteiger partial charge in [-0.05, 0) is 52.8 Å². The summed E-state index contributed by atoms with van der Waals surface area (Å²) in [6.45, 7) is 9.08. The molecule has 1 amide bonds. The van der Waals surface area contributed by atoms with Crippen LogP contribution in [-0.4, -0.2) is 52.9 Å². The van der Waals surface area contributed by atoms with Crippen LogP contribution in [0.1, 0.15) is 51.6 Å². The van der Waals surface area contributed by atoms with Crippen molar-refractivity contribution < 1.29 is 9.53 Å². The van der Waals surface area contributed by atoms with E-state index in [2.05, 4.69) is 46.6 Å².